The number of hydrogen-bond donors (Lipinski definition) is 3. The molecule has 9 heteroatoms. The van der Waals surface area contributed by atoms with Crippen LogP contribution in [0.25, 0.3) is 10.4 Å². The summed E-state index contributed by atoms with van der Waals surface area (Å²) in [6, 6.07) is 2.29. The number of nitrogens with one attached hydrogen (secondary N) is 3. The van der Waals surface area contributed by atoms with Gasteiger partial charge in [-0.15, -0.1) is 11.3 Å². The standard InChI is InChI=1S/C23H31F2N5S2/c1-12-19(31-13(2)28-12)15-8-18(25)16(9-17(15)24)20(26)32-21(27)30(7)14-10-22(3,4)29-23(5,6)11-14/h8-9,14,26-27,29H,10-11H2,1-7H3. The van der Waals surface area contributed by atoms with E-state index in [2.05, 4.69) is 38.0 Å². The lowest BCUT2D eigenvalue weighted by Crippen LogP contribution is -2.62. The van der Waals surface area contributed by atoms with Gasteiger partial charge >= 0.3 is 0 Å². The summed E-state index contributed by atoms with van der Waals surface area (Å²) in [4.78, 5) is 6.72. The Morgan fingerprint density at radius 2 is 1.72 bits per heavy atom. The van der Waals surface area contributed by atoms with Gasteiger partial charge in [0.1, 0.15) is 16.7 Å². The molecule has 1 saturated heterocycles. The first-order valence-corrected chi connectivity index (χ1v) is 12.1. The maximum absolute atomic E-state index is 14.9. The molecule has 0 spiro atoms. The van der Waals surface area contributed by atoms with E-state index in [-0.39, 0.29) is 38.5 Å². The Morgan fingerprint density at radius 3 is 2.25 bits per heavy atom. The number of thioether (sulfide) groups is 1. The van der Waals surface area contributed by atoms with Crippen LogP contribution in [0.5, 0.6) is 0 Å². The van der Waals surface area contributed by atoms with Crippen molar-refractivity contribution in [3.05, 3.63) is 40.0 Å². The molecule has 5 nitrogen and oxygen atoms in total. The molecule has 2 heterocycles. The van der Waals surface area contributed by atoms with Gasteiger partial charge in [0.2, 0.25) is 0 Å². The minimum Gasteiger partial charge on any atom is -0.351 e. The lowest BCUT2D eigenvalue weighted by molar-refractivity contribution is 0.114. The first-order valence-electron chi connectivity index (χ1n) is 10.5. The van der Waals surface area contributed by atoms with Gasteiger partial charge in [0.05, 0.1) is 15.6 Å². The van der Waals surface area contributed by atoms with Crippen LogP contribution >= 0.6 is 23.1 Å². The zero-order chi connectivity index (χ0) is 24.0. The summed E-state index contributed by atoms with van der Waals surface area (Å²) in [5.41, 5.74) is 0.492. The zero-order valence-corrected chi connectivity index (χ0v) is 21.2. The van der Waals surface area contributed by atoms with Gasteiger partial charge < -0.3 is 10.2 Å². The Morgan fingerprint density at radius 1 is 1.12 bits per heavy atom. The molecule has 3 rings (SSSR count). The highest BCUT2D eigenvalue weighted by Crippen LogP contribution is 2.35. The molecule has 0 radical (unpaired) electrons. The molecule has 0 bridgehead atoms. The van der Waals surface area contributed by atoms with Crippen LogP contribution in [0, 0.1) is 36.3 Å². The van der Waals surface area contributed by atoms with Gasteiger partial charge in [-0.05, 0) is 78.3 Å². The summed E-state index contributed by atoms with van der Waals surface area (Å²) >= 11 is 2.15. The van der Waals surface area contributed by atoms with Crippen LogP contribution in [0.15, 0.2) is 12.1 Å². The monoisotopic (exact) mass is 479 g/mol. The van der Waals surface area contributed by atoms with E-state index < -0.39 is 11.6 Å². The van der Waals surface area contributed by atoms with Crippen LogP contribution in [0.4, 0.5) is 8.78 Å². The van der Waals surface area contributed by atoms with Crippen LogP contribution < -0.4 is 5.32 Å². The average molecular weight is 480 g/mol. The van der Waals surface area contributed by atoms with Crippen molar-refractivity contribution in [3.63, 3.8) is 0 Å². The number of aromatic nitrogens is 1. The van der Waals surface area contributed by atoms with Crippen molar-refractivity contribution < 1.29 is 8.78 Å². The van der Waals surface area contributed by atoms with E-state index in [0.717, 1.165) is 41.7 Å². The van der Waals surface area contributed by atoms with Gasteiger partial charge in [-0.1, -0.05) is 0 Å². The van der Waals surface area contributed by atoms with E-state index in [1.165, 1.54) is 11.3 Å². The van der Waals surface area contributed by atoms with Gasteiger partial charge in [0.25, 0.3) is 0 Å². The summed E-state index contributed by atoms with van der Waals surface area (Å²) in [5.74, 6) is -1.27. The second kappa shape index (κ2) is 8.83. The molecule has 174 valence electrons. The SMILES string of the molecule is Cc1nc(C)c(-c2cc(F)c(C(=N)SC(=N)N(C)C3CC(C)(C)NC(C)(C)C3)cc2F)s1. The van der Waals surface area contributed by atoms with Gasteiger partial charge in [-0.2, -0.15) is 0 Å². The van der Waals surface area contributed by atoms with Crippen molar-refractivity contribution in [1.29, 1.82) is 10.8 Å². The third-order valence-corrected chi connectivity index (χ3v) is 7.70. The lowest BCUT2D eigenvalue weighted by atomic mass is 9.79. The van der Waals surface area contributed by atoms with Crippen LogP contribution in [0.2, 0.25) is 0 Å². The summed E-state index contributed by atoms with van der Waals surface area (Å²) < 4.78 is 29.7. The van der Waals surface area contributed by atoms with E-state index in [4.69, 9.17) is 10.8 Å². The fourth-order valence-corrected chi connectivity index (χ4v) is 6.30. The molecule has 0 atom stereocenters. The maximum atomic E-state index is 14.9. The number of nitrogens with zero attached hydrogens (tertiary/aromatic N) is 2. The molecule has 1 aromatic carbocycles. The Balaban J connectivity index is 1.77. The highest BCUT2D eigenvalue weighted by molar-refractivity contribution is 8.26. The number of benzene rings is 1. The summed E-state index contributed by atoms with van der Waals surface area (Å²) in [5, 5.41) is 21.2. The summed E-state index contributed by atoms with van der Waals surface area (Å²) in [6.07, 6.45) is 1.68. The third-order valence-electron chi connectivity index (χ3n) is 5.68. The van der Waals surface area contributed by atoms with E-state index in [0.29, 0.717) is 10.6 Å². The van der Waals surface area contributed by atoms with Crippen LogP contribution in [-0.2, 0) is 0 Å². The smallest absolute Gasteiger partial charge is 0.162 e. The predicted octanol–water partition coefficient (Wildman–Crippen LogP) is 5.94. The average Bonchev–Trinajstić information content (AvgIpc) is 2.97. The first kappa shape index (κ1) is 24.8. The molecule has 0 saturated carbocycles. The molecule has 0 amide bonds. The van der Waals surface area contributed by atoms with Gasteiger partial charge in [0.15, 0.2) is 5.17 Å². The Bertz CT molecular complexity index is 1040. The maximum Gasteiger partial charge on any atom is 0.162 e. The number of thiazole rings is 1. The third kappa shape index (κ3) is 5.38. The lowest BCUT2D eigenvalue weighted by Gasteiger charge is -2.49. The highest BCUT2D eigenvalue weighted by Gasteiger charge is 2.39. The largest absolute Gasteiger partial charge is 0.351 e. The van der Waals surface area contributed by atoms with Gasteiger partial charge in [-0.3, -0.25) is 10.8 Å². The second-order valence-electron chi connectivity index (χ2n) is 9.76. The Hall–Kier alpha value is -1.84. The van der Waals surface area contributed by atoms with Crippen molar-refractivity contribution in [1.82, 2.24) is 15.2 Å². The topological polar surface area (TPSA) is 75.9 Å². The molecule has 32 heavy (non-hydrogen) atoms. The molecule has 2 aromatic rings. The molecule has 0 aliphatic carbocycles. The molecule has 1 fully saturated rings. The minimum atomic E-state index is -0.677. The van der Waals surface area contributed by atoms with Gasteiger partial charge in [0, 0.05) is 35.3 Å². The molecule has 1 aliphatic rings. The number of piperidine rings is 1. The van der Waals surface area contributed by atoms with Crippen LogP contribution in [0.3, 0.4) is 0 Å². The van der Waals surface area contributed by atoms with E-state index in [9.17, 15) is 8.78 Å². The van der Waals surface area contributed by atoms with E-state index in [1.54, 1.807) is 6.92 Å². The molecule has 1 aromatic heterocycles. The number of amidine groups is 1. The Kier molecular flexibility index (Phi) is 6.85. The number of hydrogen-bond acceptors (Lipinski definition) is 6. The predicted molar refractivity (Wildman–Crippen MR) is 131 cm³/mol. The molecule has 1 aliphatic heterocycles. The molecule has 0 unspecified atom stereocenters. The van der Waals surface area contributed by atoms with E-state index in [1.807, 2.05) is 18.9 Å². The second-order valence-corrected chi connectivity index (χ2v) is 12.0. The van der Waals surface area contributed by atoms with Crippen molar-refractivity contribution >= 4 is 33.3 Å². The fraction of sp³-hybridized carbons (Fsp3) is 0.522. The number of halogens is 2. The van der Waals surface area contributed by atoms with Crippen LogP contribution in [0.1, 0.15) is 56.8 Å². The summed E-state index contributed by atoms with van der Waals surface area (Å²) in [6.45, 7) is 12.1. The fourth-order valence-electron chi connectivity index (χ4n) is 4.61. The summed E-state index contributed by atoms with van der Waals surface area (Å²) in [7, 11) is 1.83. The van der Waals surface area contributed by atoms with Crippen LogP contribution in [-0.4, -0.2) is 44.3 Å². The van der Waals surface area contributed by atoms with E-state index >= 15 is 0 Å². The first-order chi connectivity index (χ1) is 14.7. The molecule has 3 N–H and O–H groups in total. The van der Waals surface area contributed by atoms with Crippen molar-refractivity contribution in [2.75, 3.05) is 7.05 Å². The van der Waals surface area contributed by atoms with Gasteiger partial charge in [-0.25, -0.2) is 13.8 Å². The quantitative estimate of drug-likeness (QED) is 0.376. The zero-order valence-electron chi connectivity index (χ0n) is 19.6. The number of rotatable bonds is 3. The highest BCUT2D eigenvalue weighted by atomic mass is 32.2. The van der Waals surface area contributed by atoms with Crippen molar-refractivity contribution in [3.8, 4) is 10.4 Å². The van der Waals surface area contributed by atoms with Crippen molar-refractivity contribution in [2.45, 2.75) is 71.5 Å². The number of aryl methyl sites for hydroxylation is 2. The minimum absolute atomic E-state index is 0.0860. The molecular formula is C23H31F2N5S2. The normalized spacial score (nSPS) is 17.9. The van der Waals surface area contributed by atoms with Crippen molar-refractivity contribution in [2.24, 2.45) is 0 Å². The Labute approximate surface area is 197 Å². The molecular weight excluding hydrogens is 448 g/mol.